The molecule has 0 bridgehead atoms. The van der Waals surface area contributed by atoms with Gasteiger partial charge in [-0.05, 0) is 24.8 Å². The van der Waals surface area contributed by atoms with Crippen molar-refractivity contribution < 1.29 is 9.13 Å². The number of ether oxygens (including phenoxy) is 1. The highest BCUT2D eigenvalue weighted by molar-refractivity contribution is 6.31. The summed E-state index contributed by atoms with van der Waals surface area (Å²) in [5, 5.41) is 0.0771. The smallest absolute Gasteiger partial charge is 0.144 e. The van der Waals surface area contributed by atoms with Crippen LogP contribution in [0.4, 0.5) is 4.39 Å². The SMILES string of the molecule is Fc1cc2c(cc1Cl)nc(CCl)n2CCOCC1CC1. The van der Waals surface area contributed by atoms with Crippen LogP contribution in [0, 0.1) is 11.7 Å². The van der Waals surface area contributed by atoms with Gasteiger partial charge in [0, 0.05) is 19.2 Å². The van der Waals surface area contributed by atoms with Crippen molar-refractivity contribution >= 4 is 34.2 Å². The van der Waals surface area contributed by atoms with Crippen molar-refractivity contribution in [1.82, 2.24) is 9.55 Å². The Kier molecular flexibility index (Phi) is 4.15. The molecule has 1 aromatic heterocycles. The Morgan fingerprint density at radius 1 is 1.40 bits per heavy atom. The fourth-order valence-electron chi connectivity index (χ4n) is 2.21. The van der Waals surface area contributed by atoms with Crippen LogP contribution in [0.25, 0.3) is 11.0 Å². The van der Waals surface area contributed by atoms with Crippen LogP contribution in [0.5, 0.6) is 0 Å². The van der Waals surface area contributed by atoms with E-state index in [1.54, 1.807) is 0 Å². The van der Waals surface area contributed by atoms with Gasteiger partial charge in [-0.15, -0.1) is 11.6 Å². The summed E-state index contributed by atoms with van der Waals surface area (Å²) in [6, 6.07) is 2.94. The van der Waals surface area contributed by atoms with E-state index in [-0.39, 0.29) is 10.9 Å². The molecule has 0 spiro atoms. The second-order valence-corrected chi connectivity index (χ2v) is 5.76. The summed E-state index contributed by atoms with van der Waals surface area (Å²) in [6.45, 7) is 2.01. The number of aromatic nitrogens is 2. The number of alkyl halides is 1. The maximum atomic E-state index is 13.6. The van der Waals surface area contributed by atoms with E-state index in [2.05, 4.69) is 4.98 Å². The van der Waals surface area contributed by atoms with E-state index in [1.807, 2.05) is 4.57 Å². The van der Waals surface area contributed by atoms with Crippen molar-refractivity contribution in [2.24, 2.45) is 5.92 Å². The highest BCUT2D eigenvalue weighted by Crippen LogP contribution is 2.29. The van der Waals surface area contributed by atoms with E-state index in [0.717, 1.165) is 12.5 Å². The van der Waals surface area contributed by atoms with Crippen LogP contribution in [0.15, 0.2) is 12.1 Å². The first-order valence-electron chi connectivity index (χ1n) is 6.67. The van der Waals surface area contributed by atoms with Crippen LogP contribution in [-0.2, 0) is 17.2 Å². The summed E-state index contributed by atoms with van der Waals surface area (Å²) in [7, 11) is 0. The summed E-state index contributed by atoms with van der Waals surface area (Å²) in [5.41, 5.74) is 1.37. The standard InChI is InChI=1S/C14H15Cl2FN2O/c15-7-14-18-12-5-10(16)11(17)6-13(12)19(14)3-4-20-8-9-1-2-9/h5-6,9H,1-4,7-8H2. The summed E-state index contributed by atoms with van der Waals surface area (Å²) in [5.74, 6) is 1.27. The van der Waals surface area contributed by atoms with E-state index in [0.29, 0.717) is 30.0 Å². The van der Waals surface area contributed by atoms with Gasteiger partial charge < -0.3 is 9.30 Å². The highest BCUT2D eigenvalue weighted by atomic mass is 35.5. The third-order valence-electron chi connectivity index (χ3n) is 3.50. The number of hydrogen-bond acceptors (Lipinski definition) is 2. The Morgan fingerprint density at radius 3 is 2.90 bits per heavy atom. The van der Waals surface area contributed by atoms with E-state index in [4.69, 9.17) is 27.9 Å². The quantitative estimate of drug-likeness (QED) is 0.595. The molecule has 20 heavy (non-hydrogen) atoms. The molecule has 1 aliphatic carbocycles. The van der Waals surface area contributed by atoms with Gasteiger partial charge in [0.05, 0.1) is 28.5 Å². The molecule has 0 N–H and O–H groups in total. The molecular weight excluding hydrogens is 302 g/mol. The lowest BCUT2D eigenvalue weighted by Gasteiger charge is -2.08. The Hall–Kier alpha value is -0.840. The lowest BCUT2D eigenvalue weighted by Crippen LogP contribution is -2.10. The fraction of sp³-hybridized carbons (Fsp3) is 0.500. The van der Waals surface area contributed by atoms with Crippen molar-refractivity contribution in [3.8, 4) is 0 Å². The molecule has 0 radical (unpaired) electrons. The first-order valence-corrected chi connectivity index (χ1v) is 7.58. The zero-order valence-electron chi connectivity index (χ0n) is 10.9. The third kappa shape index (κ3) is 2.92. The first kappa shape index (κ1) is 14.1. The predicted octanol–water partition coefficient (Wildman–Crippen LogP) is 3.99. The van der Waals surface area contributed by atoms with Crippen LogP contribution >= 0.6 is 23.2 Å². The number of benzene rings is 1. The molecule has 1 aliphatic rings. The summed E-state index contributed by atoms with van der Waals surface area (Å²) < 4.78 is 21.1. The predicted molar refractivity (Wildman–Crippen MR) is 77.8 cm³/mol. The molecule has 1 aromatic carbocycles. The Labute approximate surface area is 126 Å². The molecular formula is C14H15Cl2FN2O. The van der Waals surface area contributed by atoms with Gasteiger partial charge in [0.2, 0.25) is 0 Å². The maximum Gasteiger partial charge on any atom is 0.144 e. The van der Waals surface area contributed by atoms with Gasteiger partial charge in [-0.2, -0.15) is 0 Å². The largest absolute Gasteiger partial charge is 0.379 e. The Morgan fingerprint density at radius 2 is 2.20 bits per heavy atom. The van der Waals surface area contributed by atoms with Gasteiger partial charge in [0.15, 0.2) is 0 Å². The molecule has 1 heterocycles. The molecule has 0 saturated heterocycles. The zero-order chi connectivity index (χ0) is 14.1. The van der Waals surface area contributed by atoms with Gasteiger partial charge in [-0.25, -0.2) is 9.37 Å². The van der Waals surface area contributed by atoms with Gasteiger partial charge >= 0.3 is 0 Å². The minimum Gasteiger partial charge on any atom is -0.379 e. The van der Waals surface area contributed by atoms with Crippen molar-refractivity contribution in [2.75, 3.05) is 13.2 Å². The minimum atomic E-state index is -0.444. The molecule has 0 amide bonds. The maximum absolute atomic E-state index is 13.6. The second kappa shape index (κ2) is 5.88. The minimum absolute atomic E-state index is 0.0771. The molecule has 0 aliphatic heterocycles. The highest BCUT2D eigenvalue weighted by Gasteiger charge is 2.21. The van der Waals surface area contributed by atoms with E-state index in [9.17, 15) is 4.39 Å². The van der Waals surface area contributed by atoms with Gasteiger partial charge in [-0.3, -0.25) is 0 Å². The summed E-state index contributed by atoms with van der Waals surface area (Å²) >= 11 is 11.7. The van der Waals surface area contributed by atoms with Gasteiger partial charge in [0.1, 0.15) is 11.6 Å². The van der Waals surface area contributed by atoms with Crippen molar-refractivity contribution in [3.63, 3.8) is 0 Å². The van der Waals surface area contributed by atoms with E-state index < -0.39 is 5.82 Å². The van der Waals surface area contributed by atoms with E-state index in [1.165, 1.54) is 25.0 Å². The van der Waals surface area contributed by atoms with Gasteiger partial charge in [-0.1, -0.05) is 11.6 Å². The number of halogens is 3. The molecule has 1 saturated carbocycles. The summed E-state index contributed by atoms with van der Waals surface area (Å²) in [6.07, 6.45) is 2.54. The first-order chi connectivity index (χ1) is 9.69. The molecule has 108 valence electrons. The van der Waals surface area contributed by atoms with Crippen molar-refractivity contribution in [1.29, 1.82) is 0 Å². The molecule has 2 aromatic rings. The topological polar surface area (TPSA) is 27.1 Å². The average molecular weight is 317 g/mol. The molecule has 1 fully saturated rings. The summed E-state index contributed by atoms with van der Waals surface area (Å²) in [4.78, 5) is 4.38. The van der Waals surface area contributed by atoms with Crippen molar-refractivity contribution in [3.05, 3.63) is 28.8 Å². The van der Waals surface area contributed by atoms with Crippen molar-refractivity contribution in [2.45, 2.75) is 25.3 Å². The van der Waals surface area contributed by atoms with Crippen LogP contribution in [0.1, 0.15) is 18.7 Å². The van der Waals surface area contributed by atoms with Crippen LogP contribution in [-0.4, -0.2) is 22.8 Å². The number of nitrogens with zero attached hydrogens (tertiary/aromatic N) is 2. The van der Waals surface area contributed by atoms with Crippen LogP contribution in [0.3, 0.4) is 0 Å². The number of fused-ring (bicyclic) bond motifs is 1. The Balaban J connectivity index is 1.80. The zero-order valence-corrected chi connectivity index (χ0v) is 12.4. The monoisotopic (exact) mass is 316 g/mol. The van der Waals surface area contributed by atoms with Crippen LogP contribution in [0.2, 0.25) is 5.02 Å². The normalized spacial score (nSPS) is 15.2. The lowest BCUT2D eigenvalue weighted by atomic mass is 10.3. The van der Waals surface area contributed by atoms with Crippen LogP contribution < -0.4 is 0 Å². The average Bonchev–Trinajstić information content (AvgIpc) is 3.19. The lowest BCUT2D eigenvalue weighted by molar-refractivity contribution is 0.117. The second-order valence-electron chi connectivity index (χ2n) is 5.09. The Bertz CT molecular complexity index is 625. The number of hydrogen-bond donors (Lipinski definition) is 0. The van der Waals surface area contributed by atoms with E-state index >= 15 is 0 Å². The molecule has 3 rings (SSSR count). The molecule has 0 unspecified atom stereocenters. The number of imidazole rings is 1. The van der Waals surface area contributed by atoms with Gasteiger partial charge in [0.25, 0.3) is 0 Å². The third-order valence-corrected chi connectivity index (χ3v) is 4.03. The molecule has 3 nitrogen and oxygen atoms in total. The molecule has 6 heteroatoms. The molecule has 0 atom stereocenters. The number of rotatable bonds is 6. The fourth-order valence-corrected chi connectivity index (χ4v) is 2.57.